The molecule has 0 saturated carbocycles. The Hall–Kier alpha value is -3.03. The van der Waals surface area contributed by atoms with Gasteiger partial charge < -0.3 is 20.3 Å². The number of methoxy groups -OCH3 is 1. The quantitative estimate of drug-likeness (QED) is 0.596. The van der Waals surface area contributed by atoms with Gasteiger partial charge in [-0.25, -0.2) is 4.79 Å². The summed E-state index contributed by atoms with van der Waals surface area (Å²) in [6, 6.07) is 13.8. The van der Waals surface area contributed by atoms with Crippen molar-refractivity contribution in [3.8, 4) is 5.75 Å². The third-order valence-corrected chi connectivity index (χ3v) is 5.72. The van der Waals surface area contributed by atoms with Gasteiger partial charge in [0.05, 0.1) is 17.7 Å². The number of thiophene rings is 1. The Bertz CT molecular complexity index is 1070. The molecule has 6 nitrogen and oxygen atoms in total. The Kier molecular flexibility index (Phi) is 5.42. The number of anilines is 3. The number of urea groups is 1. The summed E-state index contributed by atoms with van der Waals surface area (Å²) in [5.41, 5.74) is 2.96. The zero-order valence-corrected chi connectivity index (χ0v) is 17.1. The smallest absolute Gasteiger partial charge is 0.323 e. The second-order valence-electron chi connectivity index (χ2n) is 6.45. The molecule has 29 heavy (non-hydrogen) atoms. The van der Waals surface area contributed by atoms with E-state index in [0.29, 0.717) is 33.6 Å². The fraction of sp³-hybridized carbons (Fsp3) is 0.143. The summed E-state index contributed by atoms with van der Waals surface area (Å²) >= 11 is 7.43. The number of ether oxygens (including phenoxy) is 1. The maximum Gasteiger partial charge on any atom is 0.323 e. The SMILES string of the molecule is COc1ccc(Cl)cc1NC(=O)Nc1ccc2c(c1)N(C(=O)c1cccs1)CC2. The highest BCUT2D eigenvalue weighted by Gasteiger charge is 2.26. The molecule has 1 aliphatic rings. The number of carbonyl (C=O) groups excluding carboxylic acids is 2. The maximum atomic E-state index is 12.8. The van der Waals surface area contributed by atoms with Gasteiger partial charge in [-0.2, -0.15) is 0 Å². The van der Waals surface area contributed by atoms with Crippen molar-refractivity contribution >= 4 is 51.9 Å². The minimum absolute atomic E-state index is 0.0241. The fourth-order valence-electron chi connectivity index (χ4n) is 3.26. The Morgan fingerprint density at radius 3 is 2.76 bits per heavy atom. The van der Waals surface area contributed by atoms with Crippen LogP contribution in [0.15, 0.2) is 53.9 Å². The first kappa shape index (κ1) is 19.3. The van der Waals surface area contributed by atoms with E-state index in [-0.39, 0.29) is 5.91 Å². The average Bonchev–Trinajstić information content (AvgIpc) is 3.37. The molecule has 3 amide bonds. The van der Waals surface area contributed by atoms with Gasteiger partial charge in [0.2, 0.25) is 0 Å². The van der Waals surface area contributed by atoms with Crippen LogP contribution >= 0.6 is 22.9 Å². The molecule has 0 unspecified atom stereocenters. The lowest BCUT2D eigenvalue weighted by Crippen LogP contribution is -2.28. The van der Waals surface area contributed by atoms with Crippen LogP contribution in [0.3, 0.4) is 0 Å². The zero-order valence-electron chi connectivity index (χ0n) is 15.6. The van der Waals surface area contributed by atoms with Crippen molar-refractivity contribution in [1.82, 2.24) is 0 Å². The number of halogens is 1. The molecule has 1 aliphatic heterocycles. The first-order valence-corrected chi connectivity index (χ1v) is 10.2. The van der Waals surface area contributed by atoms with Crippen LogP contribution in [0.2, 0.25) is 5.02 Å². The molecule has 2 heterocycles. The lowest BCUT2D eigenvalue weighted by molar-refractivity contribution is 0.0993. The topological polar surface area (TPSA) is 70.7 Å². The standard InChI is InChI=1S/C21H18ClN3O3S/c1-28-18-7-5-14(22)11-16(18)24-21(27)23-15-6-4-13-8-9-25(17(13)12-15)20(26)19-3-2-10-29-19/h2-7,10-12H,8-9H2,1H3,(H2,23,24,27). The fourth-order valence-corrected chi connectivity index (χ4v) is 4.11. The molecule has 0 atom stereocenters. The number of benzene rings is 2. The number of fused-ring (bicyclic) bond motifs is 1. The number of hydrogen-bond acceptors (Lipinski definition) is 4. The molecule has 2 N–H and O–H groups in total. The molecule has 1 aromatic heterocycles. The number of rotatable bonds is 4. The second kappa shape index (κ2) is 8.14. The summed E-state index contributed by atoms with van der Waals surface area (Å²) in [7, 11) is 1.52. The summed E-state index contributed by atoms with van der Waals surface area (Å²) in [4.78, 5) is 27.7. The number of hydrogen-bond donors (Lipinski definition) is 2. The van der Waals surface area contributed by atoms with E-state index in [1.807, 2.05) is 35.7 Å². The van der Waals surface area contributed by atoms with Crippen LogP contribution in [-0.4, -0.2) is 25.6 Å². The Morgan fingerprint density at radius 2 is 2.00 bits per heavy atom. The van der Waals surface area contributed by atoms with Crippen LogP contribution in [0.25, 0.3) is 0 Å². The number of nitrogens with one attached hydrogen (secondary N) is 2. The predicted octanol–water partition coefficient (Wildman–Crippen LogP) is 5.26. The molecule has 8 heteroatoms. The van der Waals surface area contributed by atoms with Gasteiger partial charge in [-0.3, -0.25) is 4.79 Å². The van der Waals surface area contributed by atoms with Crippen LogP contribution in [0.5, 0.6) is 5.75 Å². The van der Waals surface area contributed by atoms with Crippen molar-refractivity contribution in [2.24, 2.45) is 0 Å². The minimum Gasteiger partial charge on any atom is -0.495 e. The summed E-state index contributed by atoms with van der Waals surface area (Å²) in [5.74, 6) is 0.482. The van der Waals surface area contributed by atoms with E-state index >= 15 is 0 Å². The van der Waals surface area contributed by atoms with Crippen molar-refractivity contribution in [2.45, 2.75) is 6.42 Å². The van der Waals surface area contributed by atoms with Crippen molar-refractivity contribution in [1.29, 1.82) is 0 Å². The second-order valence-corrected chi connectivity index (χ2v) is 7.84. The third kappa shape index (κ3) is 4.06. The van der Waals surface area contributed by atoms with Crippen molar-refractivity contribution in [3.05, 3.63) is 69.4 Å². The molecule has 0 radical (unpaired) electrons. The van der Waals surface area contributed by atoms with Gasteiger partial charge in [0.15, 0.2) is 0 Å². The van der Waals surface area contributed by atoms with E-state index < -0.39 is 6.03 Å². The molecule has 0 aliphatic carbocycles. The molecule has 2 aromatic carbocycles. The summed E-state index contributed by atoms with van der Waals surface area (Å²) in [6.07, 6.45) is 0.790. The van der Waals surface area contributed by atoms with E-state index in [0.717, 1.165) is 17.7 Å². The summed E-state index contributed by atoms with van der Waals surface area (Å²) in [6.45, 7) is 0.626. The molecule has 0 spiro atoms. The van der Waals surface area contributed by atoms with Gasteiger partial charge in [0.1, 0.15) is 5.75 Å². The van der Waals surface area contributed by atoms with E-state index in [2.05, 4.69) is 10.6 Å². The lowest BCUT2D eigenvalue weighted by Gasteiger charge is -2.17. The summed E-state index contributed by atoms with van der Waals surface area (Å²) in [5, 5.41) is 7.91. The monoisotopic (exact) mass is 427 g/mol. The van der Waals surface area contributed by atoms with Crippen LogP contribution in [-0.2, 0) is 6.42 Å². The van der Waals surface area contributed by atoms with Crippen LogP contribution in [0.4, 0.5) is 21.9 Å². The van der Waals surface area contributed by atoms with E-state index in [4.69, 9.17) is 16.3 Å². The first-order valence-electron chi connectivity index (χ1n) is 8.95. The highest BCUT2D eigenvalue weighted by Crippen LogP contribution is 2.33. The average molecular weight is 428 g/mol. The molecule has 0 saturated heterocycles. The Balaban J connectivity index is 1.51. The molecule has 3 aromatic rings. The van der Waals surface area contributed by atoms with Gasteiger partial charge in [0.25, 0.3) is 5.91 Å². The highest BCUT2D eigenvalue weighted by atomic mass is 35.5. The normalized spacial score (nSPS) is 12.4. The van der Waals surface area contributed by atoms with E-state index in [9.17, 15) is 9.59 Å². The molecule has 0 bridgehead atoms. The molecular formula is C21H18ClN3O3S. The van der Waals surface area contributed by atoms with Gasteiger partial charge in [0, 0.05) is 22.9 Å². The number of carbonyl (C=O) groups is 2. The van der Waals surface area contributed by atoms with E-state index in [1.165, 1.54) is 18.4 Å². The minimum atomic E-state index is -0.431. The molecule has 4 rings (SSSR count). The van der Waals surface area contributed by atoms with Gasteiger partial charge in [-0.1, -0.05) is 23.7 Å². The van der Waals surface area contributed by atoms with Gasteiger partial charge in [-0.05, 0) is 53.8 Å². The van der Waals surface area contributed by atoms with Crippen molar-refractivity contribution < 1.29 is 14.3 Å². The number of nitrogens with zero attached hydrogens (tertiary/aromatic N) is 1. The van der Waals surface area contributed by atoms with E-state index in [1.54, 1.807) is 23.1 Å². The molecule has 148 valence electrons. The maximum absolute atomic E-state index is 12.8. The molecular weight excluding hydrogens is 410 g/mol. The van der Waals surface area contributed by atoms with Crippen LogP contribution in [0.1, 0.15) is 15.2 Å². The van der Waals surface area contributed by atoms with Gasteiger partial charge >= 0.3 is 6.03 Å². The van der Waals surface area contributed by atoms with Crippen molar-refractivity contribution in [3.63, 3.8) is 0 Å². The van der Waals surface area contributed by atoms with Gasteiger partial charge in [-0.15, -0.1) is 11.3 Å². The molecule has 0 fully saturated rings. The highest BCUT2D eigenvalue weighted by molar-refractivity contribution is 7.12. The Morgan fingerprint density at radius 1 is 1.14 bits per heavy atom. The summed E-state index contributed by atoms with van der Waals surface area (Å²) < 4.78 is 5.24. The lowest BCUT2D eigenvalue weighted by atomic mass is 10.1. The predicted molar refractivity (Wildman–Crippen MR) is 117 cm³/mol. The van der Waals surface area contributed by atoms with Crippen LogP contribution in [0, 0.1) is 0 Å². The van der Waals surface area contributed by atoms with Crippen LogP contribution < -0.4 is 20.3 Å². The number of amides is 3. The zero-order chi connectivity index (χ0) is 20.4. The van der Waals surface area contributed by atoms with Crippen molar-refractivity contribution in [2.75, 3.05) is 29.2 Å². The largest absolute Gasteiger partial charge is 0.495 e. The first-order chi connectivity index (χ1) is 14.0. The Labute approximate surface area is 177 Å². The third-order valence-electron chi connectivity index (χ3n) is 4.63.